The van der Waals surface area contributed by atoms with Gasteiger partial charge in [-0.15, -0.1) is 5.06 Å². The van der Waals surface area contributed by atoms with Gasteiger partial charge < -0.3 is 10.8 Å². The maximum Gasteiger partial charge on any atom is 0.346 e. The number of aliphatic hydroxyl groups is 1. The number of imide groups is 1. The molecule has 1 atom stereocenters. The molecule has 6 nitrogen and oxygen atoms in total. The molecule has 1 unspecified atom stereocenters. The van der Waals surface area contributed by atoms with Crippen LogP contribution >= 0.6 is 0 Å². The number of hydrogen-bond acceptors (Lipinski definition) is 4. The Labute approximate surface area is 105 Å². The highest BCUT2D eigenvalue weighted by molar-refractivity contribution is 5.94. The minimum Gasteiger partial charge on any atom is -0.383 e. The van der Waals surface area contributed by atoms with E-state index in [1.54, 1.807) is 0 Å². The SMILES string of the molecule is CON(C(N)=O)C(=O)C(O)CCc1ccccc1. The Morgan fingerprint density at radius 1 is 1.39 bits per heavy atom. The molecule has 1 aromatic carbocycles. The summed E-state index contributed by atoms with van der Waals surface area (Å²) >= 11 is 0. The minimum atomic E-state index is -1.32. The minimum absolute atomic E-state index is 0.190. The van der Waals surface area contributed by atoms with Crippen molar-refractivity contribution in [3.05, 3.63) is 35.9 Å². The fourth-order valence-electron chi connectivity index (χ4n) is 1.50. The summed E-state index contributed by atoms with van der Waals surface area (Å²) in [5, 5.41) is 9.99. The molecule has 0 spiro atoms. The third kappa shape index (κ3) is 3.83. The number of hydroxylamine groups is 2. The number of nitrogens with zero attached hydrogens (tertiary/aromatic N) is 1. The molecule has 98 valence electrons. The highest BCUT2D eigenvalue weighted by Crippen LogP contribution is 2.07. The van der Waals surface area contributed by atoms with Gasteiger partial charge in [-0.25, -0.2) is 4.79 Å². The van der Waals surface area contributed by atoms with Crippen LogP contribution in [0.2, 0.25) is 0 Å². The van der Waals surface area contributed by atoms with E-state index in [1.807, 2.05) is 30.3 Å². The summed E-state index contributed by atoms with van der Waals surface area (Å²) in [6, 6.07) is 8.34. The third-order valence-electron chi connectivity index (χ3n) is 2.42. The summed E-state index contributed by atoms with van der Waals surface area (Å²) in [7, 11) is 1.13. The number of carbonyl (C=O) groups is 2. The maximum atomic E-state index is 11.6. The second-order valence-electron chi connectivity index (χ2n) is 3.69. The van der Waals surface area contributed by atoms with Crippen molar-refractivity contribution in [3.8, 4) is 0 Å². The molecular weight excluding hydrogens is 236 g/mol. The molecule has 0 aliphatic heterocycles. The van der Waals surface area contributed by atoms with Gasteiger partial charge in [-0.05, 0) is 18.4 Å². The van der Waals surface area contributed by atoms with Gasteiger partial charge in [0.1, 0.15) is 6.10 Å². The van der Waals surface area contributed by atoms with Gasteiger partial charge in [0.25, 0.3) is 5.91 Å². The Bertz CT molecular complexity index is 408. The molecule has 0 bridgehead atoms. The average molecular weight is 252 g/mol. The van der Waals surface area contributed by atoms with Crippen molar-refractivity contribution in [1.29, 1.82) is 0 Å². The fourth-order valence-corrected chi connectivity index (χ4v) is 1.50. The van der Waals surface area contributed by atoms with Gasteiger partial charge in [0.15, 0.2) is 0 Å². The quantitative estimate of drug-likeness (QED) is 0.744. The predicted octanol–water partition coefficient (Wildman–Crippen LogP) is 0.449. The second kappa shape index (κ2) is 6.73. The molecule has 6 heteroatoms. The molecule has 1 rings (SSSR count). The number of amides is 3. The van der Waals surface area contributed by atoms with E-state index in [0.29, 0.717) is 11.5 Å². The molecule has 0 aliphatic rings. The number of aliphatic hydroxyl groups excluding tert-OH is 1. The smallest absolute Gasteiger partial charge is 0.346 e. The van der Waals surface area contributed by atoms with Crippen molar-refractivity contribution < 1.29 is 19.5 Å². The van der Waals surface area contributed by atoms with Crippen LogP contribution in [0.15, 0.2) is 30.3 Å². The first kappa shape index (κ1) is 14.1. The lowest BCUT2D eigenvalue weighted by Crippen LogP contribution is -2.45. The molecular formula is C12H16N2O4. The zero-order valence-corrected chi connectivity index (χ0v) is 10.1. The van der Waals surface area contributed by atoms with Crippen LogP contribution in [0.1, 0.15) is 12.0 Å². The summed E-state index contributed by atoms with van der Waals surface area (Å²) in [5.74, 6) is -0.860. The number of urea groups is 1. The van der Waals surface area contributed by atoms with E-state index in [1.165, 1.54) is 0 Å². The van der Waals surface area contributed by atoms with Crippen LogP contribution in [0.3, 0.4) is 0 Å². The van der Waals surface area contributed by atoms with Crippen LogP contribution < -0.4 is 5.73 Å². The van der Waals surface area contributed by atoms with Crippen molar-refractivity contribution in [1.82, 2.24) is 5.06 Å². The Kier molecular flexibility index (Phi) is 5.29. The van der Waals surface area contributed by atoms with Crippen LogP contribution in [0, 0.1) is 0 Å². The van der Waals surface area contributed by atoms with Crippen LogP contribution in [0.4, 0.5) is 4.79 Å². The molecule has 3 N–H and O–H groups in total. The van der Waals surface area contributed by atoms with Gasteiger partial charge in [0.2, 0.25) is 0 Å². The summed E-state index contributed by atoms with van der Waals surface area (Å²) in [6.45, 7) is 0. The van der Waals surface area contributed by atoms with Gasteiger partial charge in [0.05, 0.1) is 7.11 Å². The van der Waals surface area contributed by atoms with Crippen LogP contribution in [-0.4, -0.2) is 35.3 Å². The van der Waals surface area contributed by atoms with E-state index >= 15 is 0 Å². The lowest BCUT2D eigenvalue weighted by Gasteiger charge is -2.18. The van der Waals surface area contributed by atoms with Crippen molar-refractivity contribution >= 4 is 11.9 Å². The molecule has 18 heavy (non-hydrogen) atoms. The van der Waals surface area contributed by atoms with Crippen LogP contribution in [0.25, 0.3) is 0 Å². The topological polar surface area (TPSA) is 92.9 Å². The molecule has 0 saturated heterocycles. The standard InChI is InChI=1S/C12H16N2O4/c1-18-14(12(13)17)11(16)10(15)8-7-9-5-3-2-4-6-9/h2-6,10,15H,7-8H2,1H3,(H2,13,17). The number of aryl methyl sites for hydroxylation is 1. The van der Waals surface area contributed by atoms with Crippen molar-refractivity contribution in [2.45, 2.75) is 18.9 Å². The van der Waals surface area contributed by atoms with E-state index in [-0.39, 0.29) is 6.42 Å². The first-order chi connectivity index (χ1) is 8.56. The Hall–Kier alpha value is -1.92. The Morgan fingerprint density at radius 2 is 2.00 bits per heavy atom. The van der Waals surface area contributed by atoms with Crippen molar-refractivity contribution in [2.24, 2.45) is 5.73 Å². The van der Waals surface area contributed by atoms with E-state index in [4.69, 9.17) is 5.73 Å². The van der Waals surface area contributed by atoms with Crippen molar-refractivity contribution in [2.75, 3.05) is 7.11 Å². The lowest BCUT2D eigenvalue weighted by atomic mass is 10.1. The highest BCUT2D eigenvalue weighted by Gasteiger charge is 2.26. The monoisotopic (exact) mass is 252 g/mol. The normalized spacial score (nSPS) is 11.9. The average Bonchev–Trinajstić information content (AvgIpc) is 2.37. The Morgan fingerprint density at radius 3 is 2.50 bits per heavy atom. The van der Waals surface area contributed by atoms with Gasteiger partial charge in [0, 0.05) is 0 Å². The van der Waals surface area contributed by atoms with E-state index in [2.05, 4.69) is 4.84 Å². The predicted molar refractivity (Wildman–Crippen MR) is 64.2 cm³/mol. The molecule has 0 aromatic heterocycles. The molecule has 0 saturated carbocycles. The first-order valence-electron chi connectivity index (χ1n) is 5.45. The zero-order valence-electron chi connectivity index (χ0n) is 10.1. The molecule has 3 amide bonds. The number of rotatable bonds is 5. The van der Waals surface area contributed by atoms with Crippen molar-refractivity contribution in [3.63, 3.8) is 0 Å². The van der Waals surface area contributed by atoms with Gasteiger partial charge in [-0.2, -0.15) is 0 Å². The van der Waals surface area contributed by atoms with E-state index in [0.717, 1.165) is 12.7 Å². The maximum absolute atomic E-state index is 11.6. The van der Waals surface area contributed by atoms with Gasteiger partial charge in [-0.3, -0.25) is 9.63 Å². The molecule has 0 aliphatic carbocycles. The van der Waals surface area contributed by atoms with E-state index < -0.39 is 18.0 Å². The highest BCUT2D eigenvalue weighted by atomic mass is 16.7. The number of primary amides is 1. The summed E-state index contributed by atoms with van der Waals surface area (Å²) in [4.78, 5) is 26.9. The largest absolute Gasteiger partial charge is 0.383 e. The molecule has 0 heterocycles. The number of hydrogen-bond donors (Lipinski definition) is 2. The number of carbonyl (C=O) groups excluding carboxylic acids is 2. The fraction of sp³-hybridized carbons (Fsp3) is 0.333. The number of benzene rings is 1. The van der Waals surface area contributed by atoms with Crippen LogP contribution in [-0.2, 0) is 16.1 Å². The van der Waals surface area contributed by atoms with Crippen LogP contribution in [0.5, 0.6) is 0 Å². The summed E-state index contributed by atoms with van der Waals surface area (Å²) < 4.78 is 0. The third-order valence-corrected chi connectivity index (χ3v) is 2.42. The molecule has 0 fully saturated rings. The molecule has 1 aromatic rings. The summed E-state index contributed by atoms with van der Waals surface area (Å²) in [5.41, 5.74) is 5.92. The summed E-state index contributed by atoms with van der Waals surface area (Å²) in [6.07, 6.45) is -0.613. The molecule has 0 radical (unpaired) electrons. The zero-order chi connectivity index (χ0) is 13.5. The number of nitrogens with two attached hydrogens (primary N) is 1. The first-order valence-corrected chi connectivity index (χ1v) is 5.45. The van der Waals surface area contributed by atoms with Gasteiger partial charge in [-0.1, -0.05) is 30.3 Å². The van der Waals surface area contributed by atoms with E-state index in [9.17, 15) is 14.7 Å². The second-order valence-corrected chi connectivity index (χ2v) is 3.69. The van der Waals surface area contributed by atoms with Gasteiger partial charge >= 0.3 is 6.03 Å². The lowest BCUT2D eigenvalue weighted by molar-refractivity contribution is -0.169. The Balaban J connectivity index is 2.52.